The normalized spacial score (nSPS) is 22.0. The van der Waals surface area contributed by atoms with Crippen molar-refractivity contribution in [1.82, 2.24) is 24.8 Å². The highest BCUT2D eigenvalue weighted by atomic mass is 35.5. The van der Waals surface area contributed by atoms with Gasteiger partial charge in [-0.15, -0.1) is 0 Å². The number of imidazole rings is 1. The minimum atomic E-state index is -3.01. The van der Waals surface area contributed by atoms with Crippen LogP contribution in [0.1, 0.15) is 37.3 Å². The van der Waals surface area contributed by atoms with E-state index in [4.69, 9.17) is 23.1 Å². The molecule has 2 fully saturated rings. The molecule has 0 bridgehead atoms. The van der Waals surface area contributed by atoms with Crippen LogP contribution >= 0.6 is 11.6 Å². The molecule has 5 rings (SSSR count). The number of carbonyl (C=O) groups is 1. The van der Waals surface area contributed by atoms with Crippen molar-refractivity contribution in [2.45, 2.75) is 50.7 Å². The zero-order valence-corrected chi connectivity index (χ0v) is 22.2. The van der Waals surface area contributed by atoms with E-state index < -0.39 is 15.4 Å². The maximum absolute atomic E-state index is 13.2. The van der Waals surface area contributed by atoms with Gasteiger partial charge in [0.1, 0.15) is 27.2 Å². The molecule has 2 saturated heterocycles. The molecule has 0 radical (unpaired) electrons. The van der Waals surface area contributed by atoms with E-state index in [1.54, 1.807) is 6.33 Å². The lowest BCUT2D eigenvalue weighted by atomic mass is 9.97. The highest BCUT2D eigenvalue weighted by Gasteiger charge is 2.43. The van der Waals surface area contributed by atoms with Crippen LogP contribution < -0.4 is 21.7 Å². The second-order valence-electron chi connectivity index (χ2n) is 9.91. The number of carbonyl (C=O) groups excluding carboxylic acids is 1. The van der Waals surface area contributed by atoms with Crippen LogP contribution in [0.2, 0.25) is 5.02 Å². The minimum Gasteiger partial charge on any atom is -0.382 e. The van der Waals surface area contributed by atoms with Crippen molar-refractivity contribution < 1.29 is 13.2 Å². The van der Waals surface area contributed by atoms with Crippen LogP contribution in [0.3, 0.4) is 0 Å². The minimum absolute atomic E-state index is 0.0923. The highest BCUT2D eigenvalue weighted by molar-refractivity contribution is 7.91. The van der Waals surface area contributed by atoms with Crippen molar-refractivity contribution in [1.29, 1.82) is 0 Å². The average molecular weight is 547 g/mol. The van der Waals surface area contributed by atoms with Crippen molar-refractivity contribution in [2.24, 2.45) is 5.73 Å². The Morgan fingerprint density at radius 2 is 1.97 bits per heavy atom. The van der Waals surface area contributed by atoms with E-state index in [1.807, 2.05) is 16.7 Å². The van der Waals surface area contributed by atoms with Crippen molar-refractivity contribution in [3.05, 3.63) is 40.9 Å². The molecule has 4 heterocycles. The maximum Gasteiger partial charge on any atom is 0.242 e. The average Bonchev–Trinajstić information content (AvgIpc) is 3.46. The van der Waals surface area contributed by atoms with Crippen LogP contribution in [0.5, 0.6) is 0 Å². The number of nitrogens with zero attached hydrogens (tertiary/aromatic N) is 5. The molecule has 0 spiro atoms. The molecule has 0 aliphatic carbocycles. The van der Waals surface area contributed by atoms with Gasteiger partial charge in [0.25, 0.3) is 0 Å². The molecule has 37 heavy (non-hydrogen) atoms. The Bertz CT molecular complexity index is 1450. The third-order valence-corrected chi connectivity index (χ3v) is 9.51. The zero-order chi connectivity index (χ0) is 26.4. The SMILES string of the molecule is CCc1c(Cl)ccc(N2CC[C@](N)(C(=O)NC3CCS(=O)(=O)CC3)C2)c1Cn1cnc2c(N)ncnc21. The second-order valence-corrected chi connectivity index (χ2v) is 12.6. The first-order chi connectivity index (χ1) is 17.6. The van der Waals surface area contributed by atoms with E-state index in [0.717, 1.165) is 23.2 Å². The fraction of sp³-hybridized carbons (Fsp3) is 0.500. The lowest BCUT2D eigenvalue weighted by Crippen LogP contribution is -2.58. The van der Waals surface area contributed by atoms with E-state index in [9.17, 15) is 13.2 Å². The summed E-state index contributed by atoms with van der Waals surface area (Å²) in [5, 5.41) is 3.67. The molecule has 2 aliphatic heterocycles. The molecule has 5 N–H and O–H groups in total. The molecular formula is C24H31ClN8O3S. The number of halogens is 1. The fourth-order valence-electron chi connectivity index (χ4n) is 5.28. The Hall–Kier alpha value is -2.96. The number of nitrogen functional groups attached to an aromatic ring is 1. The van der Waals surface area contributed by atoms with Gasteiger partial charge in [0.15, 0.2) is 11.5 Å². The van der Waals surface area contributed by atoms with Gasteiger partial charge in [-0.05, 0) is 48.9 Å². The summed E-state index contributed by atoms with van der Waals surface area (Å²) in [5.41, 5.74) is 15.7. The molecule has 2 aromatic heterocycles. The summed E-state index contributed by atoms with van der Waals surface area (Å²) in [7, 11) is -3.01. The number of hydrogen-bond acceptors (Lipinski definition) is 9. The smallest absolute Gasteiger partial charge is 0.242 e. The standard InChI is InChI=1S/C24H31ClN8O3S/c1-2-16-17(11-33-14-30-20-21(26)28-13-29-22(20)33)19(4-3-18(16)25)32-8-7-24(27,12-32)23(34)31-15-5-9-37(35,36)10-6-15/h3-4,13-15H,2,5-12,27H2,1H3,(H,31,34)(H2,26,28,29)/t24-/m1/s1. The first-order valence-electron chi connectivity index (χ1n) is 12.4. The predicted octanol–water partition coefficient (Wildman–Crippen LogP) is 1.27. The summed E-state index contributed by atoms with van der Waals surface area (Å²) < 4.78 is 25.4. The Kier molecular flexibility index (Phi) is 6.75. The Balaban J connectivity index is 1.40. The fourth-order valence-corrected chi connectivity index (χ4v) is 7.08. The van der Waals surface area contributed by atoms with Gasteiger partial charge in [-0.25, -0.2) is 23.4 Å². The molecule has 0 saturated carbocycles. The monoisotopic (exact) mass is 546 g/mol. The van der Waals surface area contributed by atoms with Crippen molar-refractivity contribution in [3.8, 4) is 0 Å². The van der Waals surface area contributed by atoms with E-state index in [2.05, 4.69) is 32.1 Å². The number of amides is 1. The van der Waals surface area contributed by atoms with Gasteiger partial charge < -0.3 is 26.3 Å². The zero-order valence-electron chi connectivity index (χ0n) is 20.7. The maximum atomic E-state index is 13.2. The van der Waals surface area contributed by atoms with E-state index in [-0.39, 0.29) is 23.5 Å². The molecule has 1 amide bonds. The Labute approximate surface area is 220 Å². The third-order valence-electron chi connectivity index (χ3n) is 7.44. The van der Waals surface area contributed by atoms with Crippen molar-refractivity contribution in [3.63, 3.8) is 0 Å². The highest BCUT2D eigenvalue weighted by Crippen LogP contribution is 2.35. The van der Waals surface area contributed by atoms with E-state index in [0.29, 0.717) is 60.9 Å². The molecular weight excluding hydrogens is 516 g/mol. The number of rotatable bonds is 6. The Morgan fingerprint density at radius 3 is 2.70 bits per heavy atom. The van der Waals surface area contributed by atoms with Gasteiger partial charge in [0.05, 0.1) is 24.4 Å². The topological polar surface area (TPSA) is 162 Å². The van der Waals surface area contributed by atoms with Crippen LogP contribution in [0, 0.1) is 0 Å². The van der Waals surface area contributed by atoms with Crippen LogP contribution in [0.25, 0.3) is 11.2 Å². The summed E-state index contributed by atoms with van der Waals surface area (Å²) in [5.74, 6) is 0.266. The molecule has 2 aliphatic rings. The number of fused-ring (bicyclic) bond motifs is 1. The Morgan fingerprint density at radius 1 is 1.22 bits per heavy atom. The summed E-state index contributed by atoms with van der Waals surface area (Å²) in [6.07, 6.45) is 5.14. The molecule has 13 heteroatoms. The lowest BCUT2D eigenvalue weighted by molar-refractivity contribution is -0.126. The van der Waals surface area contributed by atoms with Crippen LogP contribution in [-0.2, 0) is 27.6 Å². The number of anilines is 2. The second kappa shape index (κ2) is 9.73. The van der Waals surface area contributed by atoms with Crippen molar-refractivity contribution >= 4 is 50.0 Å². The van der Waals surface area contributed by atoms with Gasteiger partial charge in [-0.2, -0.15) is 0 Å². The number of sulfone groups is 1. The predicted molar refractivity (Wildman–Crippen MR) is 143 cm³/mol. The number of benzene rings is 1. The number of nitrogens with two attached hydrogens (primary N) is 2. The number of nitrogens with one attached hydrogen (secondary N) is 1. The first kappa shape index (κ1) is 25.7. The summed E-state index contributed by atoms with van der Waals surface area (Å²) in [6, 6.07) is 3.67. The molecule has 1 atom stereocenters. The first-order valence-corrected chi connectivity index (χ1v) is 14.6. The summed E-state index contributed by atoms with van der Waals surface area (Å²) in [6.45, 7) is 3.44. The van der Waals surface area contributed by atoms with Crippen LogP contribution in [0.15, 0.2) is 24.8 Å². The largest absolute Gasteiger partial charge is 0.382 e. The van der Waals surface area contributed by atoms with Crippen molar-refractivity contribution in [2.75, 3.05) is 35.2 Å². The number of aromatic nitrogens is 4. The van der Waals surface area contributed by atoms with Gasteiger partial charge in [0, 0.05) is 29.8 Å². The summed E-state index contributed by atoms with van der Waals surface area (Å²) >= 11 is 6.61. The number of hydrogen-bond donors (Lipinski definition) is 3. The van der Waals surface area contributed by atoms with Crippen LogP contribution in [0.4, 0.5) is 11.5 Å². The summed E-state index contributed by atoms with van der Waals surface area (Å²) in [4.78, 5) is 28.1. The van der Waals surface area contributed by atoms with Gasteiger partial charge in [-0.3, -0.25) is 4.79 Å². The van der Waals surface area contributed by atoms with Gasteiger partial charge >= 0.3 is 0 Å². The van der Waals surface area contributed by atoms with Gasteiger partial charge in [-0.1, -0.05) is 18.5 Å². The molecule has 3 aromatic rings. The molecule has 198 valence electrons. The van der Waals surface area contributed by atoms with Gasteiger partial charge in [0.2, 0.25) is 5.91 Å². The lowest BCUT2D eigenvalue weighted by Gasteiger charge is -2.30. The molecule has 1 aromatic carbocycles. The van der Waals surface area contributed by atoms with Crippen LogP contribution in [-0.4, -0.2) is 70.0 Å². The molecule has 0 unspecified atom stereocenters. The van der Waals surface area contributed by atoms with E-state index in [1.165, 1.54) is 6.33 Å². The third kappa shape index (κ3) is 4.97. The quantitative estimate of drug-likeness (QED) is 0.413. The van der Waals surface area contributed by atoms with E-state index >= 15 is 0 Å². The molecule has 11 nitrogen and oxygen atoms in total.